The van der Waals surface area contributed by atoms with Crippen molar-refractivity contribution < 1.29 is 24.2 Å². The van der Waals surface area contributed by atoms with Crippen LogP contribution in [0.2, 0.25) is 0 Å². The smallest absolute Gasteiger partial charge is 0.310 e. The van der Waals surface area contributed by atoms with Gasteiger partial charge in [-0.2, -0.15) is 0 Å². The molecule has 3 fully saturated rings. The van der Waals surface area contributed by atoms with Gasteiger partial charge in [-0.05, 0) is 56.7 Å². The highest BCUT2D eigenvalue weighted by Crippen LogP contribution is 2.67. The molecule has 3 heterocycles. The number of rotatable bonds is 10. The molecular weight excluding hydrogens is 488 g/mol. The molecule has 1 aromatic carbocycles. The summed E-state index contributed by atoms with van der Waals surface area (Å²) in [6.45, 7) is 14.0. The summed E-state index contributed by atoms with van der Waals surface area (Å²) in [5, 5.41) is 10.5. The minimum Gasteiger partial charge on any atom is -0.466 e. The number of aliphatic hydroxyl groups is 1. The van der Waals surface area contributed by atoms with Gasteiger partial charge in [0.25, 0.3) is 5.91 Å². The molecule has 2 amide bonds. The van der Waals surface area contributed by atoms with Crippen LogP contribution in [-0.4, -0.2) is 69.6 Å². The number of benzene rings is 1. The Hall–Kier alpha value is -2.32. The number of thioether (sulfide) groups is 1. The Labute approximate surface area is 224 Å². The normalized spacial score (nSPS) is 29.7. The highest BCUT2D eigenvalue weighted by atomic mass is 32.2. The van der Waals surface area contributed by atoms with E-state index in [-0.39, 0.29) is 42.2 Å². The van der Waals surface area contributed by atoms with E-state index in [2.05, 4.69) is 6.58 Å². The van der Waals surface area contributed by atoms with Crippen LogP contribution < -0.4 is 4.90 Å². The van der Waals surface area contributed by atoms with Crippen LogP contribution in [0.5, 0.6) is 0 Å². The molecule has 0 saturated carbocycles. The summed E-state index contributed by atoms with van der Waals surface area (Å²) in [7, 11) is 0. The van der Waals surface area contributed by atoms with Crippen molar-refractivity contribution in [2.75, 3.05) is 24.7 Å². The van der Waals surface area contributed by atoms with Crippen LogP contribution in [0.1, 0.15) is 51.2 Å². The Bertz CT molecular complexity index is 1080. The number of fused-ring (bicyclic) bond motifs is 1. The minimum atomic E-state index is -0.787. The number of anilines is 1. The number of ether oxygens (including phenoxy) is 1. The van der Waals surface area contributed by atoms with Crippen LogP contribution in [0.3, 0.4) is 0 Å². The van der Waals surface area contributed by atoms with Crippen molar-refractivity contribution in [1.29, 1.82) is 0 Å². The lowest BCUT2D eigenvalue weighted by Crippen LogP contribution is -2.58. The third-order valence-corrected chi connectivity index (χ3v) is 10.6. The van der Waals surface area contributed by atoms with Crippen molar-refractivity contribution >= 4 is 35.2 Å². The van der Waals surface area contributed by atoms with Gasteiger partial charge in [0.2, 0.25) is 5.91 Å². The summed E-state index contributed by atoms with van der Waals surface area (Å²) in [6, 6.07) is 4.70. The van der Waals surface area contributed by atoms with Crippen LogP contribution in [0, 0.1) is 31.6 Å². The topological polar surface area (TPSA) is 87.2 Å². The first-order chi connectivity index (χ1) is 17.7. The van der Waals surface area contributed by atoms with Gasteiger partial charge in [0.05, 0.1) is 35.8 Å². The second-order valence-corrected chi connectivity index (χ2v) is 12.3. The first-order valence-corrected chi connectivity index (χ1v) is 14.3. The molecule has 4 rings (SSSR count). The lowest BCUT2D eigenvalue weighted by Gasteiger charge is -2.41. The number of amides is 2. The molecule has 7 nitrogen and oxygen atoms in total. The van der Waals surface area contributed by atoms with Gasteiger partial charge in [-0.1, -0.05) is 38.5 Å². The number of esters is 1. The lowest BCUT2D eigenvalue weighted by molar-refractivity contribution is -0.154. The monoisotopic (exact) mass is 528 g/mol. The molecule has 8 heteroatoms. The molecule has 3 aliphatic heterocycles. The Morgan fingerprint density at radius 1 is 1.35 bits per heavy atom. The molecule has 0 aromatic heterocycles. The number of carbonyl (C=O) groups excluding carboxylic acids is 3. The predicted octanol–water partition coefficient (Wildman–Crippen LogP) is 3.88. The first-order valence-electron chi connectivity index (χ1n) is 13.4. The number of aliphatic hydroxyl groups excluding tert-OH is 1. The van der Waals surface area contributed by atoms with Gasteiger partial charge in [-0.3, -0.25) is 14.4 Å². The van der Waals surface area contributed by atoms with Crippen molar-refractivity contribution in [3.8, 4) is 0 Å². The molecule has 3 aliphatic rings. The van der Waals surface area contributed by atoms with Gasteiger partial charge in [-0.25, -0.2) is 0 Å². The van der Waals surface area contributed by atoms with Crippen LogP contribution in [-0.2, 0) is 19.1 Å². The van der Waals surface area contributed by atoms with Crippen LogP contribution in [0.15, 0.2) is 30.9 Å². The van der Waals surface area contributed by atoms with Crippen LogP contribution in [0.25, 0.3) is 0 Å². The average Bonchev–Trinajstić information content (AvgIpc) is 3.52. The van der Waals surface area contributed by atoms with Crippen molar-refractivity contribution in [3.63, 3.8) is 0 Å². The Kier molecular flexibility index (Phi) is 8.10. The van der Waals surface area contributed by atoms with E-state index >= 15 is 0 Å². The van der Waals surface area contributed by atoms with E-state index in [4.69, 9.17) is 4.74 Å². The number of hydrogen-bond donors (Lipinski definition) is 1. The van der Waals surface area contributed by atoms with Gasteiger partial charge in [0.15, 0.2) is 0 Å². The molecular formula is C29H40N2O5S. The van der Waals surface area contributed by atoms with Crippen molar-refractivity contribution in [2.45, 2.75) is 76.0 Å². The van der Waals surface area contributed by atoms with E-state index < -0.39 is 28.7 Å². The molecule has 1 spiro atoms. The molecule has 37 heavy (non-hydrogen) atoms. The standard InChI is InChI=1S/C29H40N2O5S/c1-7-14-30(20-15-17(4)10-11-19(20)6)27(34)25-29-13-12-22(37-29)23(28(35)36-9-3)24(29)26(33)31(25)21(16-32)18(5)8-2/h7,10-11,15,18,21-25,32H,1,8-9,12-14,16H2,2-6H3/t18-,21-,22-,23+,24-,25?,29?/m0/s1. The van der Waals surface area contributed by atoms with Crippen molar-refractivity contribution in [2.24, 2.45) is 17.8 Å². The predicted molar refractivity (Wildman–Crippen MR) is 146 cm³/mol. The highest BCUT2D eigenvalue weighted by molar-refractivity contribution is 8.02. The lowest BCUT2D eigenvalue weighted by atomic mass is 9.71. The molecule has 7 atom stereocenters. The second kappa shape index (κ2) is 10.8. The SMILES string of the molecule is C=CCN(C(=O)C1N([C@@H](CO)[C@@H](C)CC)C(=O)[C@@H]2[C@H](C(=O)OCC)[C@@H]3CCC12S3)c1cc(C)ccc1C. The fraction of sp³-hybridized carbons (Fsp3) is 0.621. The van der Waals surface area contributed by atoms with Gasteiger partial charge in [0.1, 0.15) is 6.04 Å². The van der Waals surface area contributed by atoms with E-state index in [1.54, 1.807) is 34.6 Å². The van der Waals surface area contributed by atoms with Crippen LogP contribution >= 0.6 is 11.8 Å². The number of hydrogen-bond acceptors (Lipinski definition) is 6. The van der Waals surface area contributed by atoms with Gasteiger partial charge in [0, 0.05) is 17.5 Å². The molecule has 0 aliphatic carbocycles. The zero-order chi connectivity index (χ0) is 27.1. The maximum atomic E-state index is 14.7. The number of likely N-dealkylation sites (tertiary alicyclic amines) is 1. The second-order valence-electron chi connectivity index (χ2n) is 10.7. The Morgan fingerprint density at radius 2 is 2.08 bits per heavy atom. The summed E-state index contributed by atoms with van der Waals surface area (Å²) in [4.78, 5) is 45.4. The number of aryl methyl sites for hydroxylation is 2. The van der Waals surface area contributed by atoms with Gasteiger partial charge in [-0.15, -0.1) is 18.3 Å². The van der Waals surface area contributed by atoms with Gasteiger partial charge < -0.3 is 19.6 Å². The molecule has 2 unspecified atom stereocenters. The van der Waals surface area contributed by atoms with E-state index in [9.17, 15) is 19.5 Å². The van der Waals surface area contributed by atoms with Crippen molar-refractivity contribution in [3.05, 3.63) is 42.0 Å². The zero-order valence-electron chi connectivity index (χ0n) is 22.6. The Balaban J connectivity index is 1.86. The molecule has 2 bridgehead atoms. The van der Waals surface area contributed by atoms with E-state index in [1.807, 2.05) is 45.9 Å². The quantitative estimate of drug-likeness (QED) is 0.366. The van der Waals surface area contributed by atoms with Crippen LogP contribution in [0.4, 0.5) is 5.69 Å². The fourth-order valence-corrected chi connectivity index (χ4v) is 8.83. The summed E-state index contributed by atoms with van der Waals surface area (Å²) >= 11 is 1.62. The third-order valence-electron chi connectivity index (χ3n) is 8.61. The summed E-state index contributed by atoms with van der Waals surface area (Å²) in [5.41, 5.74) is 2.78. The molecule has 202 valence electrons. The molecule has 3 saturated heterocycles. The van der Waals surface area contributed by atoms with E-state index in [1.165, 1.54) is 0 Å². The summed E-state index contributed by atoms with van der Waals surface area (Å²) < 4.78 is 4.69. The third kappa shape index (κ3) is 4.40. The number of nitrogens with zero attached hydrogens (tertiary/aromatic N) is 2. The van der Waals surface area contributed by atoms with E-state index in [0.29, 0.717) is 13.0 Å². The van der Waals surface area contributed by atoms with E-state index in [0.717, 1.165) is 29.7 Å². The summed E-state index contributed by atoms with van der Waals surface area (Å²) in [5.74, 6) is -1.96. The molecule has 1 aromatic rings. The average molecular weight is 529 g/mol. The minimum absolute atomic E-state index is 0.0173. The summed E-state index contributed by atoms with van der Waals surface area (Å²) in [6.07, 6.45) is 3.88. The fourth-order valence-electron chi connectivity index (χ4n) is 6.64. The largest absolute Gasteiger partial charge is 0.466 e. The molecule has 0 radical (unpaired) electrons. The maximum absolute atomic E-state index is 14.7. The highest BCUT2D eigenvalue weighted by Gasteiger charge is 2.75. The van der Waals surface area contributed by atoms with Crippen molar-refractivity contribution in [1.82, 2.24) is 4.90 Å². The van der Waals surface area contributed by atoms with Gasteiger partial charge >= 0.3 is 5.97 Å². The Morgan fingerprint density at radius 3 is 2.70 bits per heavy atom. The maximum Gasteiger partial charge on any atom is 0.310 e. The number of carbonyl (C=O) groups is 3. The first kappa shape index (κ1) is 27.7. The molecule has 1 N–H and O–H groups in total. The zero-order valence-corrected chi connectivity index (χ0v) is 23.4.